The van der Waals surface area contributed by atoms with Gasteiger partial charge in [0.1, 0.15) is 53.9 Å². The Hall–Kier alpha value is -3.78. The molecule has 4 rings (SSSR count). The zero-order valence-corrected chi connectivity index (χ0v) is 23.6. The summed E-state index contributed by atoms with van der Waals surface area (Å²) in [6.45, 7) is 2.33. The van der Waals surface area contributed by atoms with Crippen LogP contribution in [0.2, 0.25) is 0 Å². The maximum Gasteiger partial charge on any atom is 0.193 e. The van der Waals surface area contributed by atoms with E-state index in [0.29, 0.717) is 16.9 Å². The van der Waals surface area contributed by atoms with Gasteiger partial charge in [-0.25, -0.2) is 9.78 Å². The molecule has 1 saturated heterocycles. The van der Waals surface area contributed by atoms with E-state index in [1.54, 1.807) is 37.3 Å². The van der Waals surface area contributed by atoms with Gasteiger partial charge in [0.05, 0.1) is 38.2 Å². The average Bonchev–Trinajstić information content (AvgIpc) is 2.95. The van der Waals surface area contributed by atoms with Crippen molar-refractivity contribution >= 4 is 22.8 Å². The number of carbonyl (C=O) groups excluding carboxylic acids is 1. The highest BCUT2D eigenvalue weighted by atomic mass is 17.2. The molecule has 0 amide bonds. The monoisotopic (exact) mass is 586 g/mol. The third kappa shape index (κ3) is 6.49. The third-order valence-electron chi connectivity index (χ3n) is 6.90. The highest BCUT2D eigenvalue weighted by Gasteiger charge is 2.48. The van der Waals surface area contributed by atoms with E-state index in [0.717, 1.165) is 0 Å². The van der Waals surface area contributed by atoms with Crippen LogP contribution in [0, 0.1) is 6.92 Å². The van der Waals surface area contributed by atoms with E-state index in [4.69, 9.17) is 28.4 Å². The molecule has 42 heavy (non-hydrogen) atoms. The highest BCUT2D eigenvalue weighted by molar-refractivity contribution is 5.87. The number of benzene rings is 2. The molecule has 0 spiro atoms. The van der Waals surface area contributed by atoms with Gasteiger partial charge in [0.2, 0.25) is 0 Å². The van der Waals surface area contributed by atoms with Gasteiger partial charge in [-0.1, -0.05) is 18.2 Å². The van der Waals surface area contributed by atoms with Crippen LogP contribution in [0.5, 0.6) is 17.2 Å². The van der Waals surface area contributed by atoms with Gasteiger partial charge in [-0.05, 0) is 43.2 Å². The van der Waals surface area contributed by atoms with E-state index < -0.39 is 42.6 Å². The van der Waals surface area contributed by atoms with Gasteiger partial charge in [-0.2, -0.15) is 0 Å². The second-order valence-corrected chi connectivity index (χ2v) is 9.91. The van der Waals surface area contributed by atoms with Crippen molar-refractivity contribution in [3.05, 3.63) is 69.1 Å². The number of fused-ring (bicyclic) bond motifs is 1. The van der Waals surface area contributed by atoms with Crippen LogP contribution in [0.25, 0.3) is 17.0 Å². The summed E-state index contributed by atoms with van der Waals surface area (Å²) in [7, 11) is 2.83. The Morgan fingerprint density at radius 1 is 1.07 bits per heavy atom. The molecule has 1 aliphatic rings. The summed E-state index contributed by atoms with van der Waals surface area (Å²) in [5.41, 5.74) is 1.07. The van der Waals surface area contributed by atoms with Crippen LogP contribution in [0.4, 0.5) is 0 Å². The van der Waals surface area contributed by atoms with Gasteiger partial charge < -0.3 is 39.1 Å². The first-order chi connectivity index (χ1) is 20.1. The molecule has 1 aliphatic heterocycles. The number of aryl methyl sites for hydroxylation is 1. The first-order valence-electron chi connectivity index (χ1n) is 13.2. The number of phenols is 1. The van der Waals surface area contributed by atoms with Crippen molar-refractivity contribution in [3.63, 3.8) is 0 Å². The van der Waals surface area contributed by atoms with E-state index in [9.17, 15) is 30.0 Å². The van der Waals surface area contributed by atoms with Crippen molar-refractivity contribution in [2.24, 2.45) is 0 Å². The van der Waals surface area contributed by atoms with E-state index >= 15 is 0 Å². The highest BCUT2D eigenvalue weighted by Crippen LogP contribution is 2.43. The summed E-state index contributed by atoms with van der Waals surface area (Å²) in [6, 6.07) is 7.61. The van der Waals surface area contributed by atoms with Gasteiger partial charge in [-0.3, -0.25) is 9.59 Å². The molecule has 0 radical (unpaired) electrons. The Bertz CT molecular complexity index is 1510. The number of phenolic OH excluding ortho intramolecular Hbond substituents is 1. The lowest BCUT2D eigenvalue weighted by Crippen LogP contribution is -2.56. The number of rotatable bonds is 11. The quantitative estimate of drug-likeness (QED) is 0.147. The summed E-state index contributed by atoms with van der Waals surface area (Å²) in [6.07, 6.45) is -3.81. The number of ketones is 1. The van der Waals surface area contributed by atoms with Gasteiger partial charge in [0.25, 0.3) is 0 Å². The Morgan fingerprint density at radius 2 is 1.81 bits per heavy atom. The first-order valence-corrected chi connectivity index (χ1v) is 13.2. The molecule has 12 heteroatoms. The standard InChI is InChI=1S/C30H34O12/c1-15-10-22(38-4)25(28-24(15)20(34)13-18(40-28)11-16(2)32)29-30(27(36)26(35)23(14-31)41-29)42-39-9-5-6-17-7-8-19(33)21(12-17)37-3/h5-8,10,12-13,23,26-27,29-31,33,35-36H,9,11,14H2,1-4H3/t23-,26-,27+,29?,30-/m1/s1. The molecule has 2 aromatic carbocycles. The van der Waals surface area contributed by atoms with Gasteiger partial charge in [-0.15, -0.1) is 0 Å². The fraction of sp³-hybridized carbons (Fsp3) is 0.400. The second kappa shape index (κ2) is 13.5. The molecule has 0 aliphatic carbocycles. The summed E-state index contributed by atoms with van der Waals surface area (Å²) in [5.74, 6) is 0.413. The van der Waals surface area contributed by atoms with Crippen molar-refractivity contribution < 1.29 is 53.6 Å². The zero-order valence-electron chi connectivity index (χ0n) is 23.6. The lowest BCUT2D eigenvalue weighted by atomic mass is 9.89. The number of Topliss-reactive ketones (excluding diaryl/α,β-unsaturated/α-hetero) is 1. The number of ether oxygens (including phenoxy) is 3. The largest absolute Gasteiger partial charge is 0.504 e. The molecule has 12 nitrogen and oxygen atoms in total. The second-order valence-electron chi connectivity index (χ2n) is 9.91. The summed E-state index contributed by atoms with van der Waals surface area (Å²) in [5, 5.41) is 41.5. The minimum atomic E-state index is -1.60. The first kappa shape index (κ1) is 31.2. The minimum absolute atomic E-state index is 0.00499. The SMILES string of the molecule is COc1cc(C=CCOO[C@H]2C(c3c(OC)cc(C)c4c(=O)cc(CC(C)=O)oc34)O[C@H](CO)[C@@H](O)[C@@H]2O)ccc1O. The van der Waals surface area contributed by atoms with Crippen molar-refractivity contribution in [3.8, 4) is 17.2 Å². The molecule has 226 valence electrons. The molecular formula is C30H34O12. The Kier molecular flexibility index (Phi) is 9.99. The van der Waals surface area contributed by atoms with Crippen LogP contribution >= 0.6 is 0 Å². The van der Waals surface area contributed by atoms with E-state index in [-0.39, 0.29) is 52.6 Å². The molecule has 4 N–H and O–H groups in total. The summed E-state index contributed by atoms with van der Waals surface area (Å²) >= 11 is 0. The lowest BCUT2D eigenvalue weighted by Gasteiger charge is -2.41. The number of methoxy groups -OCH3 is 2. The van der Waals surface area contributed by atoms with Crippen LogP contribution in [-0.4, -0.2) is 78.1 Å². The fourth-order valence-corrected chi connectivity index (χ4v) is 4.90. The average molecular weight is 587 g/mol. The van der Waals surface area contributed by atoms with E-state index in [1.165, 1.54) is 33.3 Å². The topological polar surface area (TPSA) is 174 Å². The van der Waals surface area contributed by atoms with Crippen molar-refractivity contribution in [1.82, 2.24) is 0 Å². The maximum atomic E-state index is 13.1. The van der Waals surface area contributed by atoms with E-state index in [2.05, 4.69) is 0 Å². The molecular weight excluding hydrogens is 552 g/mol. The lowest BCUT2D eigenvalue weighted by molar-refractivity contribution is -0.376. The summed E-state index contributed by atoms with van der Waals surface area (Å²) in [4.78, 5) is 35.8. The predicted octanol–water partition coefficient (Wildman–Crippen LogP) is 2.14. The van der Waals surface area contributed by atoms with Crippen LogP contribution < -0.4 is 14.9 Å². The summed E-state index contributed by atoms with van der Waals surface area (Å²) < 4.78 is 22.7. The normalized spacial score (nSPS) is 22.5. The fourth-order valence-electron chi connectivity index (χ4n) is 4.90. The smallest absolute Gasteiger partial charge is 0.193 e. The Morgan fingerprint density at radius 3 is 2.48 bits per heavy atom. The predicted molar refractivity (Wildman–Crippen MR) is 149 cm³/mol. The number of carbonyl (C=O) groups is 1. The molecule has 1 fully saturated rings. The van der Waals surface area contributed by atoms with Crippen LogP contribution in [0.1, 0.15) is 35.5 Å². The Balaban J connectivity index is 1.70. The molecule has 1 aromatic heterocycles. The molecule has 5 atom stereocenters. The van der Waals surface area contributed by atoms with Crippen molar-refractivity contribution in [1.29, 1.82) is 0 Å². The third-order valence-corrected chi connectivity index (χ3v) is 6.90. The van der Waals surface area contributed by atoms with Crippen LogP contribution in [-0.2, 0) is 25.7 Å². The number of aromatic hydroxyl groups is 1. The number of hydrogen-bond donors (Lipinski definition) is 4. The van der Waals surface area contributed by atoms with Gasteiger partial charge >= 0.3 is 0 Å². The van der Waals surface area contributed by atoms with Crippen LogP contribution in [0.3, 0.4) is 0 Å². The van der Waals surface area contributed by atoms with Gasteiger partial charge in [0.15, 0.2) is 23.0 Å². The number of aliphatic hydroxyl groups is 3. The number of aliphatic hydroxyl groups excluding tert-OH is 3. The molecule has 2 heterocycles. The van der Waals surface area contributed by atoms with Gasteiger partial charge in [0, 0.05) is 6.07 Å². The zero-order chi connectivity index (χ0) is 30.6. The Labute approximate surface area is 241 Å². The van der Waals surface area contributed by atoms with E-state index in [1.807, 2.05) is 0 Å². The van der Waals surface area contributed by atoms with Crippen molar-refractivity contribution in [2.45, 2.75) is 50.8 Å². The molecule has 0 saturated carbocycles. The molecule has 0 bridgehead atoms. The number of hydrogen-bond acceptors (Lipinski definition) is 12. The maximum absolute atomic E-state index is 13.1. The van der Waals surface area contributed by atoms with Crippen molar-refractivity contribution in [2.75, 3.05) is 27.4 Å². The molecule has 3 aromatic rings. The van der Waals surface area contributed by atoms with Crippen LogP contribution in [0.15, 0.2) is 45.6 Å². The minimum Gasteiger partial charge on any atom is -0.504 e. The molecule has 1 unspecified atom stereocenters.